The summed E-state index contributed by atoms with van der Waals surface area (Å²) in [6, 6.07) is 4.36. The van der Waals surface area contributed by atoms with Gasteiger partial charge in [-0.25, -0.2) is 8.78 Å². The van der Waals surface area contributed by atoms with Crippen LogP contribution in [0.25, 0.3) is 0 Å². The molecule has 1 aromatic carbocycles. The van der Waals surface area contributed by atoms with Crippen molar-refractivity contribution in [1.82, 2.24) is 0 Å². The highest BCUT2D eigenvalue weighted by Crippen LogP contribution is 2.30. The Morgan fingerprint density at radius 3 is 3.06 bits per heavy atom. The molecule has 16 heavy (non-hydrogen) atoms. The van der Waals surface area contributed by atoms with Crippen LogP contribution in [0.3, 0.4) is 0 Å². The molecule has 0 bridgehead atoms. The second-order valence-corrected chi connectivity index (χ2v) is 3.79. The summed E-state index contributed by atoms with van der Waals surface area (Å²) < 4.78 is 31.0. The van der Waals surface area contributed by atoms with Crippen molar-refractivity contribution in [3.05, 3.63) is 41.5 Å². The first kappa shape index (κ1) is 11.1. The van der Waals surface area contributed by atoms with Crippen molar-refractivity contribution >= 4 is 0 Å². The van der Waals surface area contributed by atoms with Gasteiger partial charge in [0.2, 0.25) is 0 Å². The molecule has 0 aliphatic carbocycles. The molecule has 0 saturated heterocycles. The maximum atomic E-state index is 12.9. The predicted octanol–water partition coefficient (Wildman–Crippen LogP) is 2.33. The van der Waals surface area contributed by atoms with Gasteiger partial charge in [0.15, 0.2) is 0 Å². The Labute approximate surface area is 92.7 Å². The molecule has 1 aliphatic heterocycles. The third-order valence-electron chi connectivity index (χ3n) is 2.76. The molecule has 0 amide bonds. The Bertz CT molecular complexity index is 417. The van der Waals surface area contributed by atoms with Gasteiger partial charge in [0.05, 0.1) is 6.33 Å². The summed E-state index contributed by atoms with van der Waals surface area (Å²) in [6.07, 6.45) is 1.48. The number of fused-ring (bicyclic) bond motifs is 1. The number of halogens is 2. The van der Waals surface area contributed by atoms with E-state index in [1.165, 1.54) is 12.1 Å². The Morgan fingerprint density at radius 1 is 1.56 bits per heavy atom. The predicted molar refractivity (Wildman–Crippen MR) is 57.4 cm³/mol. The first-order chi connectivity index (χ1) is 7.74. The zero-order valence-corrected chi connectivity index (χ0v) is 8.75. The normalized spacial score (nSPS) is 20.2. The minimum Gasteiger partial charge on any atom is -0.486 e. The lowest BCUT2D eigenvalue weighted by atomic mass is 9.98. The van der Waals surface area contributed by atoms with E-state index in [0.29, 0.717) is 30.5 Å². The van der Waals surface area contributed by atoms with Crippen LogP contribution in [-0.2, 0) is 6.42 Å². The summed E-state index contributed by atoms with van der Waals surface area (Å²) in [7, 11) is 0. The highest BCUT2D eigenvalue weighted by molar-refractivity contribution is 5.37. The molecule has 0 fully saturated rings. The lowest BCUT2D eigenvalue weighted by Gasteiger charge is -2.27. The molecule has 0 saturated carbocycles. The Kier molecular flexibility index (Phi) is 3.19. The van der Waals surface area contributed by atoms with Crippen LogP contribution in [0.2, 0.25) is 0 Å². The minimum atomic E-state index is -0.326. The fourth-order valence-corrected chi connectivity index (χ4v) is 1.86. The van der Waals surface area contributed by atoms with Gasteiger partial charge in [-0.2, -0.15) is 0 Å². The van der Waals surface area contributed by atoms with Gasteiger partial charge < -0.3 is 10.5 Å². The highest BCUT2D eigenvalue weighted by Gasteiger charge is 2.22. The maximum Gasteiger partial charge on any atom is 0.124 e. The zero-order chi connectivity index (χ0) is 11.5. The molecule has 1 heterocycles. The molecular weight excluding hydrogens is 212 g/mol. The van der Waals surface area contributed by atoms with Crippen LogP contribution in [0.4, 0.5) is 8.78 Å². The monoisotopic (exact) mass is 225 g/mol. The molecule has 2 N–H and O–H groups in total. The van der Waals surface area contributed by atoms with Gasteiger partial charge in [-0.1, -0.05) is 0 Å². The van der Waals surface area contributed by atoms with E-state index in [1.807, 2.05) is 0 Å². The molecule has 1 aliphatic rings. The Balaban J connectivity index is 2.21. The van der Waals surface area contributed by atoms with E-state index in [-0.39, 0.29) is 18.5 Å². The maximum absolute atomic E-state index is 12.9. The van der Waals surface area contributed by atoms with Crippen molar-refractivity contribution in [2.75, 3.05) is 6.54 Å². The molecule has 2 rings (SSSR count). The number of rotatable bonds is 2. The fraction of sp³-hybridized carbons (Fsp3) is 0.333. The molecule has 1 unspecified atom stereocenters. The van der Waals surface area contributed by atoms with Crippen LogP contribution in [-0.4, -0.2) is 12.6 Å². The molecular formula is C12H13F2NO. The average Bonchev–Trinajstić information content (AvgIpc) is 2.31. The SMILES string of the molecule is NC/C(=C\F)C1CCc2cc(F)ccc2O1. The quantitative estimate of drug-likeness (QED) is 0.838. The standard InChI is InChI=1S/C12H13F2NO/c13-6-9(7-15)12-3-1-8-5-10(14)2-4-11(8)16-12/h2,4-6,12H,1,3,7,15H2/b9-6+. The molecule has 0 aromatic heterocycles. The topological polar surface area (TPSA) is 35.2 Å². The molecule has 2 nitrogen and oxygen atoms in total. The van der Waals surface area contributed by atoms with Crippen LogP contribution in [0.5, 0.6) is 5.75 Å². The third-order valence-corrected chi connectivity index (χ3v) is 2.76. The van der Waals surface area contributed by atoms with Crippen LogP contribution in [0, 0.1) is 5.82 Å². The van der Waals surface area contributed by atoms with Gasteiger partial charge in [0.25, 0.3) is 0 Å². The van der Waals surface area contributed by atoms with Gasteiger partial charge in [0.1, 0.15) is 17.7 Å². The van der Waals surface area contributed by atoms with Crippen LogP contribution >= 0.6 is 0 Å². The number of hydrogen-bond donors (Lipinski definition) is 1. The van der Waals surface area contributed by atoms with E-state index in [9.17, 15) is 8.78 Å². The van der Waals surface area contributed by atoms with Crippen molar-refractivity contribution in [3.8, 4) is 5.75 Å². The second-order valence-electron chi connectivity index (χ2n) is 3.79. The van der Waals surface area contributed by atoms with Crippen molar-refractivity contribution < 1.29 is 13.5 Å². The lowest BCUT2D eigenvalue weighted by Crippen LogP contribution is -2.28. The number of nitrogens with two attached hydrogens (primary N) is 1. The van der Waals surface area contributed by atoms with E-state index in [4.69, 9.17) is 10.5 Å². The van der Waals surface area contributed by atoms with Crippen LogP contribution in [0.15, 0.2) is 30.1 Å². The lowest BCUT2D eigenvalue weighted by molar-refractivity contribution is 0.203. The Morgan fingerprint density at radius 2 is 2.38 bits per heavy atom. The third kappa shape index (κ3) is 2.07. The van der Waals surface area contributed by atoms with Gasteiger partial charge in [-0.05, 0) is 36.6 Å². The van der Waals surface area contributed by atoms with Gasteiger partial charge >= 0.3 is 0 Å². The number of aryl methyl sites for hydroxylation is 1. The first-order valence-electron chi connectivity index (χ1n) is 5.19. The number of ether oxygens (including phenoxy) is 1. The highest BCUT2D eigenvalue weighted by atomic mass is 19.1. The summed E-state index contributed by atoms with van der Waals surface area (Å²) in [5, 5.41) is 0. The summed E-state index contributed by atoms with van der Waals surface area (Å²) in [5.41, 5.74) is 6.68. The smallest absolute Gasteiger partial charge is 0.124 e. The summed E-state index contributed by atoms with van der Waals surface area (Å²) in [5.74, 6) is 0.339. The minimum absolute atomic E-state index is 0.137. The van der Waals surface area contributed by atoms with Gasteiger partial charge in [0, 0.05) is 12.1 Å². The number of benzene rings is 1. The molecule has 1 aromatic rings. The number of hydrogen-bond acceptors (Lipinski definition) is 2. The molecule has 0 spiro atoms. The van der Waals surface area contributed by atoms with E-state index in [0.717, 1.165) is 5.56 Å². The molecule has 1 atom stereocenters. The van der Waals surface area contributed by atoms with E-state index in [2.05, 4.69) is 0 Å². The van der Waals surface area contributed by atoms with Crippen molar-refractivity contribution in [3.63, 3.8) is 0 Å². The second kappa shape index (κ2) is 4.61. The van der Waals surface area contributed by atoms with E-state index < -0.39 is 0 Å². The Hall–Kier alpha value is -1.42. The van der Waals surface area contributed by atoms with Crippen LogP contribution in [0.1, 0.15) is 12.0 Å². The summed E-state index contributed by atoms with van der Waals surface area (Å²) in [6.45, 7) is 0.137. The summed E-state index contributed by atoms with van der Waals surface area (Å²) in [4.78, 5) is 0. The zero-order valence-electron chi connectivity index (χ0n) is 8.75. The molecule has 4 heteroatoms. The van der Waals surface area contributed by atoms with E-state index in [1.54, 1.807) is 6.07 Å². The van der Waals surface area contributed by atoms with Crippen LogP contribution < -0.4 is 10.5 Å². The fourth-order valence-electron chi connectivity index (χ4n) is 1.86. The average molecular weight is 225 g/mol. The largest absolute Gasteiger partial charge is 0.486 e. The van der Waals surface area contributed by atoms with Gasteiger partial charge in [-0.15, -0.1) is 0 Å². The van der Waals surface area contributed by atoms with Gasteiger partial charge in [-0.3, -0.25) is 0 Å². The van der Waals surface area contributed by atoms with Crippen molar-refractivity contribution in [2.24, 2.45) is 5.73 Å². The van der Waals surface area contributed by atoms with E-state index >= 15 is 0 Å². The first-order valence-corrected chi connectivity index (χ1v) is 5.19. The van der Waals surface area contributed by atoms with Crippen molar-refractivity contribution in [2.45, 2.75) is 18.9 Å². The molecule has 0 radical (unpaired) electrons. The summed E-state index contributed by atoms with van der Waals surface area (Å²) >= 11 is 0. The van der Waals surface area contributed by atoms with Crippen molar-refractivity contribution in [1.29, 1.82) is 0 Å². The molecule has 86 valence electrons.